The second-order valence-corrected chi connectivity index (χ2v) is 7.77. The number of nitrogens with one attached hydrogen (secondary N) is 1. The third-order valence-corrected chi connectivity index (χ3v) is 5.67. The van der Waals surface area contributed by atoms with E-state index >= 15 is 0 Å². The van der Waals surface area contributed by atoms with Gasteiger partial charge in [-0.05, 0) is 43.4 Å². The van der Waals surface area contributed by atoms with Crippen LogP contribution in [0.3, 0.4) is 0 Å². The number of pyridine rings is 1. The van der Waals surface area contributed by atoms with Crippen molar-refractivity contribution < 1.29 is 0 Å². The Hall–Kier alpha value is -2.57. The number of anilines is 1. The topological polar surface area (TPSA) is 61.6 Å². The molecule has 4 rings (SSSR count). The number of hydrogen-bond donors (Lipinski definition) is 1. The van der Waals surface area contributed by atoms with Crippen LogP contribution in [0.15, 0.2) is 35.7 Å². The highest BCUT2D eigenvalue weighted by atomic mass is 15.3. The Kier molecular flexibility index (Phi) is 5.78. The number of hydrogen-bond acceptors (Lipinski definition) is 4. The average Bonchev–Trinajstić information content (AvgIpc) is 3.46. The summed E-state index contributed by atoms with van der Waals surface area (Å²) in [6.45, 7) is 7.92. The lowest BCUT2D eigenvalue weighted by molar-refractivity contribution is 0.486. The van der Waals surface area contributed by atoms with Crippen LogP contribution in [0.2, 0.25) is 0 Å². The van der Waals surface area contributed by atoms with Gasteiger partial charge in [0.05, 0.1) is 12.7 Å². The van der Waals surface area contributed by atoms with Crippen molar-refractivity contribution in [3.05, 3.63) is 41.9 Å². The zero-order valence-corrected chi connectivity index (χ0v) is 17.0. The monoisotopic (exact) mass is 381 g/mol. The first-order chi connectivity index (χ1) is 13.7. The van der Waals surface area contributed by atoms with Crippen LogP contribution in [-0.2, 0) is 13.6 Å². The van der Waals surface area contributed by atoms with Gasteiger partial charge in [0.2, 0.25) is 0 Å². The molecule has 2 saturated heterocycles. The average molecular weight is 382 g/mol. The summed E-state index contributed by atoms with van der Waals surface area (Å²) in [6.07, 6.45) is 9.79. The first-order valence-corrected chi connectivity index (χ1v) is 10.4. The lowest BCUT2D eigenvalue weighted by atomic mass is 10.0. The van der Waals surface area contributed by atoms with Gasteiger partial charge in [-0.25, -0.2) is 9.98 Å². The predicted molar refractivity (Wildman–Crippen MR) is 113 cm³/mol. The maximum atomic E-state index is 4.88. The molecular weight excluding hydrogens is 350 g/mol. The number of nitrogens with zero attached hydrogens (tertiary/aromatic N) is 6. The van der Waals surface area contributed by atoms with Crippen molar-refractivity contribution in [1.29, 1.82) is 0 Å². The zero-order chi connectivity index (χ0) is 19.3. The summed E-state index contributed by atoms with van der Waals surface area (Å²) in [4.78, 5) is 14.3. The molecular formula is C21H31N7. The molecule has 1 unspecified atom stereocenters. The SMILES string of the molecule is CCNC(=NCc1ccc(N2CCCC2)nc1)N1CCC(c2cnn(C)c2)C1. The van der Waals surface area contributed by atoms with Gasteiger partial charge < -0.3 is 15.1 Å². The minimum atomic E-state index is 0.527. The molecule has 150 valence electrons. The molecule has 1 atom stereocenters. The van der Waals surface area contributed by atoms with E-state index in [-0.39, 0.29) is 0 Å². The Bertz CT molecular complexity index is 789. The molecule has 28 heavy (non-hydrogen) atoms. The van der Waals surface area contributed by atoms with Crippen LogP contribution in [0, 0.1) is 0 Å². The number of rotatable bonds is 5. The molecule has 2 aliphatic heterocycles. The summed E-state index contributed by atoms with van der Waals surface area (Å²) in [7, 11) is 1.98. The van der Waals surface area contributed by atoms with Crippen LogP contribution < -0.4 is 10.2 Å². The smallest absolute Gasteiger partial charge is 0.194 e. The van der Waals surface area contributed by atoms with Crippen molar-refractivity contribution in [2.45, 2.75) is 38.6 Å². The Morgan fingerprint density at radius 2 is 2.07 bits per heavy atom. The summed E-state index contributed by atoms with van der Waals surface area (Å²) < 4.78 is 1.89. The summed E-state index contributed by atoms with van der Waals surface area (Å²) in [5.41, 5.74) is 2.48. The van der Waals surface area contributed by atoms with Crippen molar-refractivity contribution in [3.8, 4) is 0 Å². The fourth-order valence-electron chi connectivity index (χ4n) is 4.11. The van der Waals surface area contributed by atoms with Gasteiger partial charge in [-0.2, -0.15) is 5.10 Å². The van der Waals surface area contributed by atoms with E-state index in [9.17, 15) is 0 Å². The fourth-order valence-corrected chi connectivity index (χ4v) is 4.11. The highest BCUT2D eigenvalue weighted by Gasteiger charge is 2.26. The van der Waals surface area contributed by atoms with Crippen molar-refractivity contribution >= 4 is 11.8 Å². The second-order valence-electron chi connectivity index (χ2n) is 7.77. The van der Waals surface area contributed by atoms with Crippen LogP contribution >= 0.6 is 0 Å². The number of aliphatic imine (C=N–C) groups is 1. The minimum Gasteiger partial charge on any atom is -0.357 e. The maximum absolute atomic E-state index is 4.88. The van der Waals surface area contributed by atoms with E-state index in [2.05, 4.69) is 50.5 Å². The number of guanidine groups is 1. The molecule has 4 heterocycles. The summed E-state index contributed by atoms with van der Waals surface area (Å²) in [5, 5.41) is 7.78. The normalized spacial score (nSPS) is 20.2. The molecule has 0 aromatic carbocycles. The molecule has 7 heteroatoms. The van der Waals surface area contributed by atoms with Crippen LogP contribution in [0.1, 0.15) is 43.2 Å². The molecule has 2 aromatic heterocycles. The lowest BCUT2D eigenvalue weighted by Crippen LogP contribution is -2.40. The quantitative estimate of drug-likeness (QED) is 0.636. The zero-order valence-electron chi connectivity index (χ0n) is 17.0. The van der Waals surface area contributed by atoms with Crippen molar-refractivity contribution in [2.24, 2.45) is 12.0 Å². The highest BCUT2D eigenvalue weighted by molar-refractivity contribution is 5.80. The third kappa shape index (κ3) is 4.29. The van der Waals surface area contributed by atoms with Crippen molar-refractivity contribution in [2.75, 3.05) is 37.6 Å². The van der Waals surface area contributed by atoms with E-state index < -0.39 is 0 Å². The predicted octanol–water partition coefficient (Wildman–Crippen LogP) is 2.37. The van der Waals surface area contributed by atoms with Gasteiger partial charge in [-0.3, -0.25) is 4.68 Å². The molecule has 0 aliphatic carbocycles. The summed E-state index contributed by atoms with van der Waals surface area (Å²) in [5.74, 6) is 2.62. The van der Waals surface area contributed by atoms with Gasteiger partial charge in [-0.15, -0.1) is 0 Å². The van der Waals surface area contributed by atoms with E-state index in [1.165, 1.54) is 18.4 Å². The maximum Gasteiger partial charge on any atom is 0.194 e. The number of likely N-dealkylation sites (tertiary alicyclic amines) is 1. The molecule has 0 amide bonds. The Morgan fingerprint density at radius 1 is 1.21 bits per heavy atom. The molecule has 2 aromatic rings. The van der Waals surface area contributed by atoms with Crippen LogP contribution in [0.5, 0.6) is 0 Å². The molecule has 7 nitrogen and oxygen atoms in total. The summed E-state index contributed by atoms with van der Waals surface area (Å²) in [6, 6.07) is 4.30. The Labute approximate surface area is 167 Å². The van der Waals surface area contributed by atoms with Gasteiger partial charge in [0.25, 0.3) is 0 Å². The third-order valence-electron chi connectivity index (χ3n) is 5.67. The molecule has 1 N–H and O–H groups in total. The van der Waals surface area contributed by atoms with Crippen molar-refractivity contribution in [3.63, 3.8) is 0 Å². The number of aryl methyl sites for hydroxylation is 1. The van der Waals surface area contributed by atoms with Crippen molar-refractivity contribution in [1.82, 2.24) is 25.0 Å². The molecule has 0 bridgehead atoms. The molecule has 0 saturated carbocycles. The fraction of sp³-hybridized carbons (Fsp3) is 0.571. The second kappa shape index (κ2) is 8.63. The molecule has 2 aliphatic rings. The Balaban J connectivity index is 1.39. The first kappa shape index (κ1) is 18.8. The highest BCUT2D eigenvalue weighted by Crippen LogP contribution is 2.26. The summed E-state index contributed by atoms with van der Waals surface area (Å²) >= 11 is 0. The van der Waals surface area contributed by atoms with Crippen LogP contribution in [-0.4, -0.2) is 58.3 Å². The van der Waals surface area contributed by atoms with Gasteiger partial charge in [-0.1, -0.05) is 6.07 Å². The standard InChI is InChI=1S/C21H31N7/c1-3-22-21(28-11-8-18(16-28)19-14-25-26(2)15-19)24-13-17-6-7-20(23-12-17)27-9-4-5-10-27/h6-7,12,14-15,18H,3-5,8-11,13,16H2,1-2H3,(H,22,24). The molecule has 2 fully saturated rings. The molecule has 0 spiro atoms. The van der Waals surface area contributed by atoms with E-state index in [0.717, 1.165) is 56.5 Å². The van der Waals surface area contributed by atoms with E-state index in [1.54, 1.807) is 0 Å². The van der Waals surface area contributed by atoms with Gasteiger partial charge in [0.1, 0.15) is 5.82 Å². The van der Waals surface area contributed by atoms with Gasteiger partial charge in [0.15, 0.2) is 5.96 Å². The molecule has 0 radical (unpaired) electrons. The Morgan fingerprint density at radius 3 is 2.75 bits per heavy atom. The first-order valence-electron chi connectivity index (χ1n) is 10.4. The van der Waals surface area contributed by atoms with E-state index in [0.29, 0.717) is 12.5 Å². The van der Waals surface area contributed by atoms with E-state index in [1.807, 2.05) is 24.1 Å². The van der Waals surface area contributed by atoms with Gasteiger partial charge in [0, 0.05) is 58.1 Å². The minimum absolute atomic E-state index is 0.527. The van der Waals surface area contributed by atoms with Crippen LogP contribution in [0.4, 0.5) is 5.82 Å². The van der Waals surface area contributed by atoms with E-state index in [4.69, 9.17) is 4.99 Å². The largest absolute Gasteiger partial charge is 0.357 e. The van der Waals surface area contributed by atoms with Crippen LogP contribution in [0.25, 0.3) is 0 Å². The number of aromatic nitrogens is 3. The lowest BCUT2D eigenvalue weighted by Gasteiger charge is -2.21. The van der Waals surface area contributed by atoms with Gasteiger partial charge >= 0.3 is 0 Å².